The summed E-state index contributed by atoms with van der Waals surface area (Å²) in [7, 11) is 0. The van der Waals surface area contributed by atoms with E-state index in [9.17, 15) is 19.8 Å². The first-order valence-electron chi connectivity index (χ1n) is 25.0. The third-order valence-corrected chi connectivity index (χ3v) is 13.2. The highest BCUT2D eigenvalue weighted by molar-refractivity contribution is 6.03. The molecule has 1 saturated carbocycles. The van der Waals surface area contributed by atoms with Crippen molar-refractivity contribution in [3.05, 3.63) is 84.0 Å². The molecule has 12 nitrogen and oxygen atoms in total. The van der Waals surface area contributed by atoms with Crippen molar-refractivity contribution < 1.29 is 43.6 Å². The maximum Gasteiger partial charge on any atom is 0.412 e. The molecule has 6 unspecified atom stereocenters. The molecule has 0 saturated heterocycles. The van der Waals surface area contributed by atoms with Crippen LogP contribution in [0.5, 0.6) is 11.5 Å². The van der Waals surface area contributed by atoms with Crippen molar-refractivity contribution in [3.8, 4) is 11.5 Å². The third-order valence-electron chi connectivity index (χ3n) is 13.2. The molecule has 0 radical (unpaired) electrons. The van der Waals surface area contributed by atoms with E-state index in [2.05, 4.69) is 24.9 Å². The Bertz CT molecular complexity index is 1800. The standard InChI is InChI=1S/C53H79N3O9/c1-5-9-10-11-12-13-14-15-16-22-31-54-51(59)64-42-29-30-47-45(37-42)49-43(28-21-24-34-58)41(27-20-23-33-57)36-44-46(55-63-39-40-25-18-17-19-26-40)38-48(56(32-6-2)52(60)61-8-4)53(65-47,50(44)49)62-35-7-3/h7,17-19,25-26,29-30,36-37,41,43,48-50,57-58H,3,5-6,8-16,20-24,27-28,31-35,38-39H2,1-2,4H3,(H,54,59). The molecule has 0 aromatic heterocycles. The number of carbonyl (C=O) groups is 2. The van der Waals surface area contributed by atoms with Crippen LogP contribution in [0.3, 0.4) is 0 Å². The molecule has 65 heavy (non-hydrogen) atoms. The SMILES string of the molecule is C=CCOC12Oc3ccc(OC(=O)NCCCCCCCCCCCC)cc3C3C(CCCCO)C(CCCCO)C=C(C(=NOCc4ccccc4)CC1N(CCC)C(=O)OCC)C32. The summed E-state index contributed by atoms with van der Waals surface area (Å²) in [4.78, 5) is 35.3. The van der Waals surface area contributed by atoms with Gasteiger partial charge in [-0.3, -0.25) is 4.90 Å². The largest absolute Gasteiger partial charge is 0.459 e. The summed E-state index contributed by atoms with van der Waals surface area (Å²) in [6, 6.07) is 14.8. The van der Waals surface area contributed by atoms with Crippen molar-refractivity contribution in [3.63, 3.8) is 0 Å². The second-order valence-corrected chi connectivity index (χ2v) is 17.9. The van der Waals surface area contributed by atoms with Gasteiger partial charge in [0, 0.05) is 44.2 Å². The topological polar surface area (TPSA) is 148 Å². The summed E-state index contributed by atoms with van der Waals surface area (Å²) in [6.45, 7) is 11.8. The van der Waals surface area contributed by atoms with Crippen molar-refractivity contribution in [2.45, 2.75) is 161 Å². The van der Waals surface area contributed by atoms with Gasteiger partial charge in [0.1, 0.15) is 24.1 Å². The lowest BCUT2D eigenvalue weighted by molar-refractivity contribution is -0.255. The summed E-state index contributed by atoms with van der Waals surface area (Å²) >= 11 is 0. The number of hydrogen-bond acceptors (Lipinski definition) is 10. The molecule has 360 valence electrons. The molecule has 2 aliphatic carbocycles. The predicted octanol–water partition coefficient (Wildman–Crippen LogP) is 11.4. The number of aliphatic hydroxyl groups is 2. The number of rotatable bonds is 30. The van der Waals surface area contributed by atoms with Crippen LogP contribution in [0.4, 0.5) is 9.59 Å². The van der Waals surface area contributed by atoms with Crippen LogP contribution in [-0.4, -0.2) is 84.4 Å². The first-order valence-corrected chi connectivity index (χ1v) is 25.0. The number of hydrogen-bond donors (Lipinski definition) is 3. The van der Waals surface area contributed by atoms with Gasteiger partial charge in [-0.25, -0.2) is 9.59 Å². The monoisotopic (exact) mass is 902 g/mol. The first kappa shape index (κ1) is 51.6. The molecule has 2 aromatic carbocycles. The zero-order valence-electron chi connectivity index (χ0n) is 39.7. The van der Waals surface area contributed by atoms with E-state index in [1.165, 1.54) is 44.9 Å². The molecule has 2 amide bonds. The van der Waals surface area contributed by atoms with Gasteiger partial charge in [-0.15, -0.1) is 6.58 Å². The fourth-order valence-electron chi connectivity index (χ4n) is 10.2. The van der Waals surface area contributed by atoms with E-state index in [-0.39, 0.29) is 57.2 Å². The van der Waals surface area contributed by atoms with Gasteiger partial charge in [0.25, 0.3) is 0 Å². The van der Waals surface area contributed by atoms with Crippen LogP contribution in [0.15, 0.2) is 78.0 Å². The van der Waals surface area contributed by atoms with E-state index in [1.807, 2.05) is 49.4 Å². The number of benzene rings is 2. The lowest BCUT2D eigenvalue weighted by Gasteiger charge is -2.59. The van der Waals surface area contributed by atoms with Gasteiger partial charge in [-0.2, -0.15) is 0 Å². The number of nitrogens with zero attached hydrogens (tertiary/aromatic N) is 2. The maximum absolute atomic E-state index is 14.1. The maximum atomic E-state index is 14.1. The molecule has 1 heterocycles. The fourth-order valence-corrected chi connectivity index (χ4v) is 10.2. The number of nitrogens with one attached hydrogen (secondary N) is 1. The Hall–Kier alpha value is -4.39. The molecule has 2 aromatic rings. The van der Waals surface area contributed by atoms with E-state index in [4.69, 9.17) is 28.9 Å². The van der Waals surface area contributed by atoms with Gasteiger partial charge in [0.2, 0.25) is 5.79 Å². The quantitative estimate of drug-likeness (QED) is 0.0396. The fraction of sp³-hybridized carbons (Fsp3) is 0.642. The molecule has 0 spiro atoms. The minimum absolute atomic E-state index is 0.0243. The summed E-state index contributed by atoms with van der Waals surface area (Å²) in [6.07, 6.45) is 20.7. The van der Waals surface area contributed by atoms with Gasteiger partial charge in [0.05, 0.1) is 24.8 Å². The van der Waals surface area contributed by atoms with Gasteiger partial charge in [-0.1, -0.05) is 132 Å². The van der Waals surface area contributed by atoms with Crippen LogP contribution in [0, 0.1) is 17.8 Å². The molecule has 1 aliphatic heterocycles. The zero-order chi connectivity index (χ0) is 46.3. The molecular formula is C53H79N3O9. The average molecular weight is 902 g/mol. The minimum atomic E-state index is -1.40. The van der Waals surface area contributed by atoms with Gasteiger partial charge >= 0.3 is 12.2 Å². The molecule has 5 rings (SSSR count). The number of allylic oxidation sites excluding steroid dienone is 1. The summed E-state index contributed by atoms with van der Waals surface area (Å²) < 4.78 is 26.0. The summed E-state index contributed by atoms with van der Waals surface area (Å²) in [5.74, 6) is -1.08. The van der Waals surface area contributed by atoms with E-state index in [0.717, 1.165) is 61.6 Å². The smallest absolute Gasteiger partial charge is 0.412 e. The van der Waals surface area contributed by atoms with Gasteiger partial charge in [0.15, 0.2) is 0 Å². The second-order valence-electron chi connectivity index (χ2n) is 17.9. The zero-order valence-corrected chi connectivity index (χ0v) is 39.7. The Morgan fingerprint density at radius 3 is 2.28 bits per heavy atom. The van der Waals surface area contributed by atoms with E-state index < -0.39 is 29.9 Å². The van der Waals surface area contributed by atoms with E-state index in [0.29, 0.717) is 49.6 Å². The predicted molar refractivity (Wildman–Crippen MR) is 256 cm³/mol. The number of carbonyl (C=O) groups excluding carboxylic acids is 2. The van der Waals surface area contributed by atoms with E-state index >= 15 is 0 Å². The van der Waals surface area contributed by atoms with Gasteiger partial charge in [-0.05, 0) is 86.6 Å². The molecular weight excluding hydrogens is 823 g/mol. The van der Waals surface area contributed by atoms with Crippen LogP contribution in [0.2, 0.25) is 0 Å². The van der Waals surface area contributed by atoms with Crippen molar-refractivity contribution in [1.29, 1.82) is 0 Å². The normalized spacial score (nSPS) is 22.5. The second kappa shape index (κ2) is 27.9. The lowest BCUT2D eigenvalue weighted by atomic mass is 9.55. The molecule has 0 bridgehead atoms. The minimum Gasteiger partial charge on any atom is -0.459 e. The Kier molecular flexibility index (Phi) is 22.2. The number of amides is 2. The van der Waals surface area contributed by atoms with Crippen molar-refractivity contribution in [2.75, 3.05) is 39.5 Å². The summed E-state index contributed by atoms with van der Waals surface area (Å²) in [5.41, 5.74) is 3.49. The highest BCUT2D eigenvalue weighted by atomic mass is 16.7. The molecule has 1 fully saturated rings. The Morgan fingerprint density at radius 2 is 1.60 bits per heavy atom. The molecule has 3 aliphatic rings. The number of unbranched alkanes of at least 4 members (excludes halogenated alkanes) is 11. The number of aliphatic hydroxyl groups excluding tert-OH is 2. The third kappa shape index (κ3) is 14.3. The lowest BCUT2D eigenvalue weighted by Crippen LogP contribution is -2.70. The van der Waals surface area contributed by atoms with Crippen LogP contribution in [0.1, 0.15) is 153 Å². The first-order chi connectivity index (χ1) is 31.8. The highest BCUT2D eigenvalue weighted by Gasteiger charge is 2.65. The van der Waals surface area contributed by atoms with Crippen molar-refractivity contribution in [2.24, 2.45) is 22.9 Å². The molecule has 12 heteroatoms. The Labute approximate surface area is 389 Å². The molecule has 3 N–H and O–H groups in total. The van der Waals surface area contributed by atoms with Crippen LogP contribution >= 0.6 is 0 Å². The number of fused-ring (bicyclic) bond motifs is 2. The average Bonchev–Trinajstić information content (AvgIpc) is 3.31. The molecule has 6 atom stereocenters. The van der Waals surface area contributed by atoms with Crippen LogP contribution in [0.25, 0.3) is 0 Å². The van der Waals surface area contributed by atoms with Gasteiger partial charge < -0.3 is 39.3 Å². The summed E-state index contributed by atoms with van der Waals surface area (Å²) in [5, 5.41) is 27.7. The highest BCUT2D eigenvalue weighted by Crippen LogP contribution is 2.62. The van der Waals surface area contributed by atoms with E-state index in [1.54, 1.807) is 24.0 Å². The van der Waals surface area contributed by atoms with Crippen LogP contribution < -0.4 is 14.8 Å². The number of ether oxygens (including phenoxy) is 4. The Morgan fingerprint density at radius 1 is 0.892 bits per heavy atom. The van der Waals surface area contributed by atoms with Crippen molar-refractivity contribution >= 4 is 17.9 Å². The Balaban J connectivity index is 1.54. The number of oxime groups is 1. The van der Waals surface area contributed by atoms with Crippen LogP contribution in [-0.2, 0) is 20.9 Å². The van der Waals surface area contributed by atoms with Crippen molar-refractivity contribution in [1.82, 2.24) is 10.2 Å².